The van der Waals surface area contributed by atoms with E-state index in [4.69, 9.17) is 15.1 Å². The van der Waals surface area contributed by atoms with E-state index in [1.165, 1.54) is 0 Å². The van der Waals surface area contributed by atoms with Gasteiger partial charge < -0.3 is 15.2 Å². The molecule has 1 rings (SSSR count). The van der Waals surface area contributed by atoms with Crippen LogP contribution in [0.1, 0.15) is 17.5 Å². The molecule has 1 atom stereocenters. The van der Waals surface area contributed by atoms with Crippen molar-refractivity contribution in [1.29, 1.82) is 5.26 Å². The van der Waals surface area contributed by atoms with E-state index in [1.54, 1.807) is 13.2 Å². The second-order valence-electron chi connectivity index (χ2n) is 3.97. The van der Waals surface area contributed by atoms with E-state index in [1.807, 2.05) is 19.1 Å². The molecule has 0 bridgehead atoms. The van der Waals surface area contributed by atoms with Crippen LogP contribution in [0.15, 0.2) is 18.2 Å². The number of aliphatic hydroxyl groups is 1. The summed E-state index contributed by atoms with van der Waals surface area (Å²) in [5, 5.41) is 21.2. The summed E-state index contributed by atoms with van der Waals surface area (Å²) in [6.45, 7) is 2.57. The van der Waals surface area contributed by atoms with Gasteiger partial charge in [0.15, 0.2) is 0 Å². The van der Waals surface area contributed by atoms with E-state index < -0.39 is 0 Å². The minimum absolute atomic E-state index is 0.0129. The van der Waals surface area contributed by atoms with Gasteiger partial charge in [-0.05, 0) is 31.0 Å². The average Bonchev–Trinajstić information content (AvgIpc) is 2.30. The lowest BCUT2D eigenvalue weighted by Gasteiger charge is -2.19. The van der Waals surface area contributed by atoms with E-state index in [-0.39, 0.29) is 12.6 Å². The molecule has 4 nitrogen and oxygen atoms in total. The van der Waals surface area contributed by atoms with Crippen molar-refractivity contribution in [2.45, 2.75) is 19.4 Å². The molecule has 17 heavy (non-hydrogen) atoms. The Morgan fingerprint density at radius 2 is 2.29 bits per heavy atom. The van der Waals surface area contributed by atoms with Crippen LogP contribution in [0.2, 0.25) is 0 Å². The number of hydrogen-bond acceptors (Lipinski definition) is 4. The number of nitrogens with one attached hydrogen (secondary N) is 1. The number of ether oxygens (including phenoxy) is 1. The SMILES string of the molecule is COCC(CCO)Nc1cc(C)ccc1C#N. The maximum Gasteiger partial charge on any atom is 0.101 e. The summed E-state index contributed by atoms with van der Waals surface area (Å²) in [7, 11) is 1.62. The minimum atomic E-state index is 0.0129. The van der Waals surface area contributed by atoms with Gasteiger partial charge >= 0.3 is 0 Å². The van der Waals surface area contributed by atoms with Crippen molar-refractivity contribution in [2.75, 3.05) is 25.6 Å². The Morgan fingerprint density at radius 3 is 2.88 bits per heavy atom. The second-order valence-corrected chi connectivity index (χ2v) is 3.97. The molecule has 0 radical (unpaired) electrons. The molecule has 0 fully saturated rings. The average molecular weight is 234 g/mol. The van der Waals surface area contributed by atoms with Crippen LogP contribution in [0, 0.1) is 18.3 Å². The largest absolute Gasteiger partial charge is 0.396 e. The van der Waals surface area contributed by atoms with E-state index in [0.717, 1.165) is 11.3 Å². The molecule has 92 valence electrons. The van der Waals surface area contributed by atoms with E-state index >= 15 is 0 Å². The fourth-order valence-electron chi connectivity index (χ4n) is 1.65. The Bertz CT molecular complexity index is 393. The Kier molecular flexibility index (Phi) is 5.47. The lowest BCUT2D eigenvalue weighted by Crippen LogP contribution is -2.26. The number of nitriles is 1. The molecule has 0 saturated carbocycles. The molecule has 0 aromatic heterocycles. The van der Waals surface area contributed by atoms with Crippen molar-refractivity contribution in [1.82, 2.24) is 0 Å². The van der Waals surface area contributed by atoms with Gasteiger partial charge in [-0.25, -0.2) is 0 Å². The summed E-state index contributed by atoms with van der Waals surface area (Å²) in [5.74, 6) is 0. The normalized spacial score (nSPS) is 11.9. The van der Waals surface area contributed by atoms with Gasteiger partial charge in [0.25, 0.3) is 0 Å². The van der Waals surface area contributed by atoms with Gasteiger partial charge in [-0.15, -0.1) is 0 Å². The first-order valence-electron chi connectivity index (χ1n) is 5.58. The van der Waals surface area contributed by atoms with Crippen LogP contribution >= 0.6 is 0 Å². The smallest absolute Gasteiger partial charge is 0.101 e. The minimum Gasteiger partial charge on any atom is -0.396 e. The van der Waals surface area contributed by atoms with Gasteiger partial charge in [0.05, 0.1) is 23.9 Å². The van der Waals surface area contributed by atoms with Gasteiger partial charge in [-0.2, -0.15) is 5.26 Å². The van der Waals surface area contributed by atoms with Gasteiger partial charge in [-0.3, -0.25) is 0 Å². The zero-order valence-electron chi connectivity index (χ0n) is 10.2. The molecular weight excluding hydrogens is 216 g/mol. The lowest BCUT2D eigenvalue weighted by molar-refractivity contribution is 0.170. The lowest BCUT2D eigenvalue weighted by atomic mass is 10.1. The quantitative estimate of drug-likeness (QED) is 0.786. The van der Waals surface area contributed by atoms with Gasteiger partial charge in [0.1, 0.15) is 6.07 Å². The van der Waals surface area contributed by atoms with Crippen LogP contribution < -0.4 is 5.32 Å². The number of nitrogens with zero attached hydrogens (tertiary/aromatic N) is 1. The van der Waals surface area contributed by atoms with E-state index in [0.29, 0.717) is 18.6 Å². The number of rotatable bonds is 6. The summed E-state index contributed by atoms with van der Waals surface area (Å²) < 4.78 is 5.08. The van der Waals surface area contributed by atoms with Crippen LogP contribution in [-0.4, -0.2) is 31.5 Å². The molecule has 0 amide bonds. The van der Waals surface area contributed by atoms with Crippen molar-refractivity contribution in [3.8, 4) is 6.07 Å². The Labute approximate surface area is 102 Å². The van der Waals surface area contributed by atoms with Crippen LogP contribution in [-0.2, 0) is 4.74 Å². The van der Waals surface area contributed by atoms with Crippen molar-refractivity contribution < 1.29 is 9.84 Å². The molecule has 4 heteroatoms. The number of methoxy groups -OCH3 is 1. The summed E-state index contributed by atoms with van der Waals surface area (Å²) in [5.41, 5.74) is 2.49. The maximum absolute atomic E-state index is 9.01. The van der Waals surface area contributed by atoms with Crippen LogP contribution in [0.4, 0.5) is 5.69 Å². The summed E-state index contributed by atoms with van der Waals surface area (Å²) in [6.07, 6.45) is 0.590. The van der Waals surface area contributed by atoms with Gasteiger partial charge in [-0.1, -0.05) is 6.07 Å². The second kappa shape index (κ2) is 6.89. The molecule has 1 aromatic rings. The fourth-order valence-corrected chi connectivity index (χ4v) is 1.65. The number of anilines is 1. The molecule has 0 aliphatic carbocycles. The zero-order valence-corrected chi connectivity index (χ0v) is 10.2. The number of aryl methyl sites for hydroxylation is 1. The topological polar surface area (TPSA) is 65.3 Å². The molecule has 1 aromatic carbocycles. The predicted octanol–water partition coefficient (Wildman–Crippen LogP) is 1.68. The standard InChI is InChI=1S/C13H18N2O2/c1-10-3-4-11(8-14)13(7-10)15-12(5-6-16)9-17-2/h3-4,7,12,15-16H,5-6,9H2,1-2H3. The highest BCUT2D eigenvalue weighted by Crippen LogP contribution is 2.18. The monoisotopic (exact) mass is 234 g/mol. The highest BCUT2D eigenvalue weighted by Gasteiger charge is 2.10. The van der Waals surface area contributed by atoms with Crippen molar-refractivity contribution in [3.05, 3.63) is 29.3 Å². The molecule has 1 unspecified atom stereocenters. The van der Waals surface area contributed by atoms with Gasteiger partial charge in [0.2, 0.25) is 0 Å². The fraction of sp³-hybridized carbons (Fsp3) is 0.462. The zero-order chi connectivity index (χ0) is 12.7. The Morgan fingerprint density at radius 1 is 1.53 bits per heavy atom. The molecule has 0 saturated heterocycles. The summed E-state index contributed by atoms with van der Waals surface area (Å²) >= 11 is 0. The van der Waals surface area contributed by atoms with Crippen molar-refractivity contribution in [2.24, 2.45) is 0 Å². The molecular formula is C13H18N2O2. The van der Waals surface area contributed by atoms with Crippen LogP contribution in [0.3, 0.4) is 0 Å². The third-order valence-electron chi connectivity index (χ3n) is 2.50. The molecule has 0 spiro atoms. The van der Waals surface area contributed by atoms with Gasteiger partial charge in [0, 0.05) is 13.7 Å². The first-order valence-corrected chi connectivity index (χ1v) is 5.58. The molecule has 0 aliphatic heterocycles. The van der Waals surface area contributed by atoms with Crippen molar-refractivity contribution in [3.63, 3.8) is 0 Å². The van der Waals surface area contributed by atoms with Crippen LogP contribution in [0.5, 0.6) is 0 Å². The van der Waals surface area contributed by atoms with E-state index in [9.17, 15) is 0 Å². The number of aliphatic hydroxyl groups excluding tert-OH is 1. The maximum atomic E-state index is 9.01. The third-order valence-corrected chi connectivity index (χ3v) is 2.50. The molecule has 2 N–H and O–H groups in total. The first-order chi connectivity index (χ1) is 8.21. The van der Waals surface area contributed by atoms with Crippen LogP contribution in [0.25, 0.3) is 0 Å². The summed E-state index contributed by atoms with van der Waals surface area (Å²) in [6, 6.07) is 7.78. The summed E-state index contributed by atoms with van der Waals surface area (Å²) in [4.78, 5) is 0. The van der Waals surface area contributed by atoms with Crippen molar-refractivity contribution >= 4 is 5.69 Å². The number of hydrogen-bond donors (Lipinski definition) is 2. The number of benzene rings is 1. The predicted molar refractivity (Wildman–Crippen MR) is 66.9 cm³/mol. The molecule has 0 heterocycles. The highest BCUT2D eigenvalue weighted by atomic mass is 16.5. The van der Waals surface area contributed by atoms with E-state index in [2.05, 4.69) is 11.4 Å². The molecule has 0 aliphatic rings. The third kappa shape index (κ3) is 4.06. The Balaban J connectivity index is 2.84. The Hall–Kier alpha value is -1.57. The first kappa shape index (κ1) is 13.5. The highest BCUT2D eigenvalue weighted by molar-refractivity contribution is 5.59.